The Bertz CT molecular complexity index is 1060. The molecule has 4 nitrogen and oxygen atoms in total. The van der Waals surface area contributed by atoms with Crippen molar-refractivity contribution >= 4 is 22.7 Å². The lowest BCUT2D eigenvalue weighted by atomic mass is 9.89. The van der Waals surface area contributed by atoms with Crippen LogP contribution < -0.4 is 4.80 Å². The van der Waals surface area contributed by atoms with E-state index in [9.17, 15) is 0 Å². The molecule has 0 radical (unpaired) electrons. The summed E-state index contributed by atoms with van der Waals surface area (Å²) in [6.45, 7) is 6.62. The van der Waals surface area contributed by atoms with Gasteiger partial charge < -0.3 is 0 Å². The molecule has 2 aromatic heterocycles. The molecule has 0 amide bonds. The van der Waals surface area contributed by atoms with Crippen molar-refractivity contribution in [2.24, 2.45) is 16.0 Å². The third-order valence-corrected chi connectivity index (χ3v) is 6.16. The summed E-state index contributed by atoms with van der Waals surface area (Å²) < 4.78 is 2.04. The SMILES string of the molecule is Cc1ccc(-c2csc(=Nc3cccnc3)n2N=C2CCCC(C)C2)cc1C. The van der Waals surface area contributed by atoms with Crippen LogP contribution in [-0.2, 0) is 0 Å². The van der Waals surface area contributed by atoms with Gasteiger partial charge in [-0.3, -0.25) is 4.98 Å². The second kappa shape index (κ2) is 8.23. The maximum absolute atomic E-state index is 5.08. The molecule has 1 aliphatic carbocycles. The van der Waals surface area contributed by atoms with Crippen molar-refractivity contribution in [2.75, 3.05) is 0 Å². The van der Waals surface area contributed by atoms with Gasteiger partial charge in [0.2, 0.25) is 4.80 Å². The highest BCUT2D eigenvalue weighted by molar-refractivity contribution is 7.07. The fourth-order valence-corrected chi connectivity index (χ4v) is 4.45. The van der Waals surface area contributed by atoms with Gasteiger partial charge in [0, 0.05) is 22.9 Å². The number of hydrogen-bond acceptors (Lipinski definition) is 4. The first kappa shape index (κ1) is 18.8. The summed E-state index contributed by atoms with van der Waals surface area (Å²) in [4.78, 5) is 9.89. The predicted molar refractivity (Wildman–Crippen MR) is 117 cm³/mol. The van der Waals surface area contributed by atoms with Crippen LogP contribution in [0.5, 0.6) is 0 Å². The molecule has 0 spiro atoms. The van der Waals surface area contributed by atoms with Crippen molar-refractivity contribution in [1.82, 2.24) is 9.66 Å². The van der Waals surface area contributed by atoms with Gasteiger partial charge in [-0.05, 0) is 74.8 Å². The molecule has 2 heterocycles. The number of aromatic nitrogens is 2. The van der Waals surface area contributed by atoms with Crippen molar-refractivity contribution in [2.45, 2.75) is 46.5 Å². The van der Waals surface area contributed by atoms with Crippen LogP contribution in [0.15, 0.2) is 58.2 Å². The number of aryl methyl sites for hydroxylation is 2. The van der Waals surface area contributed by atoms with Crippen molar-refractivity contribution in [3.8, 4) is 11.3 Å². The summed E-state index contributed by atoms with van der Waals surface area (Å²) in [6.07, 6.45) is 8.22. The van der Waals surface area contributed by atoms with Crippen LogP contribution >= 0.6 is 11.3 Å². The summed E-state index contributed by atoms with van der Waals surface area (Å²) in [5.74, 6) is 0.704. The second-order valence-corrected chi connectivity index (χ2v) is 8.54. The Labute approximate surface area is 170 Å². The highest BCUT2D eigenvalue weighted by Gasteiger charge is 2.16. The van der Waals surface area contributed by atoms with Crippen molar-refractivity contribution in [3.05, 3.63) is 64.0 Å². The van der Waals surface area contributed by atoms with E-state index in [1.165, 1.54) is 35.2 Å². The van der Waals surface area contributed by atoms with Gasteiger partial charge in [-0.1, -0.05) is 19.1 Å². The smallest absolute Gasteiger partial charge is 0.211 e. The molecule has 1 unspecified atom stereocenters. The maximum atomic E-state index is 5.08. The Morgan fingerprint density at radius 1 is 1.18 bits per heavy atom. The molecular weight excluding hydrogens is 364 g/mol. The monoisotopic (exact) mass is 390 g/mol. The zero-order chi connectivity index (χ0) is 19.5. The van der Waals surface area contributed by atoms with E-state index in [-0.39, 0.29) is 0 Å². The Hall–Kier alpha value is -2.53. The standard InChI is InChI=1S/C23H26N4S/c1-16-6-4-7-20(12-16)26-27-22(19-10-9-17(2)18(3)13-19)15-28-23(27)25-21-8-5-11-24-14-21/h5,8-11,13-16H,4,6-7,12H2,1-3H3. The van der Waals surface area contributed by atoms with Crippen molar-refractivity contribution in [1.29, 1.82) is 0 Å². The lowest BCUT2D eigenvalue weighted by molar-refractivity contribution is 0.497. The van der Waals surface area contributed by atoms with E-state index in [2.05, 4.69) is 49.3 Å². The number of benzene rings is 1. The summed E-state index contributed by atoms with van der Waals surface area (Å²) in [5, 5.41) is 7.24. The van der Waals surface area contributed by atoms with Crippen LogP contribution in [0.25, 0.3) is 11.3 Å². The van der Waals surface area contributed by atoms with Crippen LogP contribution in [0.2, 0.25) is 0 Å². The molecule has 1 atom stereocenters. The maximum Gasteiger partial charge on any atom is 0.211 e. The van der Waals surface area contributed by atoms with Crippen LogP contribution in [-0.4, -0.2) is 15.4 Å². The molecule has 5 heteroatoms. The molecule has 1 fully saturated rings. The van der Waals surface area contributed by atoms with Gasteiger partial charge in [-0.25, -0.2) is 9.67 Å². The van der Waals surface area contributed by atoms with Gasteiger partial charge in [0.1, 0.15) is 0 Å². The third-order valence-electron chi connectivity index (χ3n) is 5.35. The predicted octanol–water partition coefficient (Wildman–Crippen LogP) is 5.88. The molecule has 0 aliphatic heterocycles. The highest BCUT2D eigenvalue weighted by Crippen LogP contribution is 2.26. The normalized spacial score (nSPS) is 19.3. The zero-order valence-electron chi connectivity index (χ0n) is 16.7. The lowest BCUT2D eigenvalue weighted by Crippen LogP contribution is -2.18. The molecule has 1 aliphatic rings. The molecule has 0 bridgehead atoms. The zero-order valence-corrected chi connectivity index (χ0v) is 17.5. The first-order valence-electron chi connectivity index (χ1n) is 9.90. The van der Waals surface area contributed by atoms with Gasteiger partial charge in [0.05, 0.1) is 17.6 Å². The van der Waals surface area contributed by atoms with Gasteiger partial charge in [0.15, 0.2) is 0 Å². The molecule has 1 saturated carbocycles. The molecule has 3 aromatic rings. The number of hydrogen-bond donors (Lipinski definition) is 0. The largest absolute Gasteiger partial charge is 0.262 e. The first-order valence-corrected chi connectivity index (χ1v) is 10.8. The summed E-state index contributed by atoms with van der Waals surface area (Å²) in [6, 6.07) is 10.5. The van der Waals surface area contributed by atoms with Crippen LogP contribution in [0.1, 0.15) is 43.7 Å². The number of thiazole rings is 1. The number of nitrogens with zero attached hydrogens (tertiary/aromatic N) is 4. The lowest BCUT2D eigenvalue weighted by Gasteiger charge is -2.19. The van der Waals surface area contributed by atoms with E-state index in [0.29, 0.717) is 5.92 Å². The van der Waals surface area contributed by atoms with E-state index >= 15 is 0 Å². The fraction of sp³-hybridized carbons (Fsp3) is 0.348. The summed E-state index contributed by atoms with van der Waals surface area (Å²) >= 11 is 1.63. The van der Waals surface area contributed by atoms with Gasteiger partial charge in [-0.2, -0.15) is 5.10 Å². The quantitative estimate of drug-likeness (QED) is 0.551. The highest BCUT2D eigenvalue weighted by atomic mass is 32.1. The molecule has 0 N–H and O–H groups in total. The van der Waals surface area contributed by atoms with E-state index in [1.54, 1.807) is 23.7 Å². The Morgan fingerprint density at radius 2 is 2.07 bits per heavy atom. The first-order chi connectivity index (χ1) is 13.6. The number of pyridine rings is 1. The molecular formula is C23H26N4S. The van der Waals surface area contributed by atoms with E-state index in [1.807, 2.05) is 16.8 Å². The van der Waals surface area contributed by atoms with Crippen molar-refractivity contribution in [3.63, 3.8) is 0 Å². The van der Waals surface area contributed by atoms with Crippen molar-refractivity contribution < 1.29 is 0 Å². The molecule has 28 heavy (non-hydrogen) atoms. The van der Waals surface area contributed by atoms with E-state index < -0.39 is 0 Å². The Kier molecular flexibility index (Phi) is 5.53. The van der Waals surface area contributed by atoms with Gasteiger partial charge in [0.25, 0.3) is 0 Å². The minimum absolute atomic E-state index is 0.704. The fourth-order valence-electron chi connectivity index (χ4n) is 3.60. The van der Waals surface area contributed by atoms with Crippen LogP contribution in [0.4, 0.5) is 5.69 Å². The minimum Gasteiger partial charge on any atom is -0.262 e. The van der Waals surface area contributed by atoms with E-state index in [0.717, 1.165) is 29.0 Å². The number of rotatable bonds is 3. The van der Waals surface area contributed by atoms with Gasteiger partial charge >= 0.3 is 0 Å². The van der Waals surface area contributed by atoms with E-state index in [4.69, 9.17) is 10.1 Å². The summed E-state index contributed by atoms with van der Waals surface area (Å²) in [5.41, 5.74) is 7.00. The molecule has 0 saturated heterocycles. The minimum atomic E-state index is 0.704. The average molecular weight is 391 g/mol. The third kappa shape index (κ3) is 4.14. The van der Waals surface area contributed by atoms with Gasteiger partial charge in [-0.15, -0.1) is 11.3 Å². The van der Waals surface area contributed by atoms with Crippen LogP contribution in [0.3, 0.4) is 0 Å². The molecule has 4 rings (SSSR count). The van der Waals surface area contributed by atoms with Crippen LogP contribution in [0, 0.1) is 19.8 Å². The Balaban J connectivity index is 1.86. The topological polar surface area (TPSA) is 42.5 Å². The molecule has 144 valence electrons. The summed E-state index contributed by atoms with van der Waals surface area (Å²) in [7, 11) is 0. The second-order valence-electron chi connectivity index (χ2n) is 7.71. The molecule has 1 aromatic carbocycles. The Morgan fingerprint density at radius 3 is 2.82 bits per heavy atom. The average Bonchev–Trinajstić information content (AvgIpc) is 3.07.